The van der Waals surface area contributed by atoms with Crippen molar-refractivity contribution in [2.45, 2.75) is 6.42 Å². The van der Waals surface area contributed by atoms with E-state index >= 15 is 0 Å². The van der Waals surface area contributed by atoms with Crippen LogP contribution in [-0.4, -0.2) is 0 Å². The molecule has 2 N–H and O–H groups in total. The summed E-state index contributed by atoms with van der Waals surface area (Å²) in [6.07, 6.45) is 0.734. The van der Waals surface area contributed by atoms with Crippen LogP contribution in [0, 0.1) is 22.7 Å². The number of nitrogens with zero attached hydrogens (tertiary/aromatic N) is 2. The molecule has 0 aromatic heterocycles. The van der Waals surface area contributed by atoms with Crippen molar-refractivity contribution >= 4 is 5.69 Å². The summed E-state index contributed by atoms with van der Waals surface area (Å²) in [5.74, 6) is 0. The number of rotatable bonds is 0. The molecule has 3 rings (SSSR count). The molecule has 1 aliphatic rings. The van der Waals surface area contributed by atoms with Crippen molar-refractivity contribution in [1.29, 1.82) is 10.5 Å². The van der Waals surface area contributed by atoms with Crippen LogP contribution in [0.15, 0.2) is 30.3 Å². The van der Waals surface area contributed by atoms with E-state index in [2.05, 4.69) is 0 Å². The Hall–Kier alpha value is -2.78. The molecule has 0 aliphatic heterocycles. The van der Waals surface area contributed by atoms with Crippen molar-refractivity contribution in [3.8, 4) is 23.3 Å². The van der Waals surface area contributed by atoms with Crippen LogP contribution in [0.5, 0.6) is 0 Å². The monoisotopic (exact) mass is 231 g/mol. The highest BCUT2D eigenvalue weighted by Gasteiger charge is 2.23. The van der Waals surface area contributed by atoms with Crippen LogP contribution in [-0.2, 0) is 6.42 Å². The molecular formula is C15H9N3. The average molecular weight is 231 g/mol. The molecule has 0 saturated carbocycles. The molecule has 3 nitrogen and oxygen atoms in total. The molecule has 0 unspecified atom stereocenters. The zero-order valence-electron chi connectivity index (χ0n) is 9.57. The smallest absolute Gasteiger partial charge is 0.103 e. The van der Waals surface area contributed by atoms with Crippen molar-refractivity contribution in [2.24, 2.45) is 0 Å². The van der Waals surface area contributed by atoms with Gasteiger partial charge in [-0.25, -0.2) is 0 Å². The first-order valence-electron chi connectivity index (χ1n) is 5.60. The van der Waals surface area contributed by atoms with Gasteiger partial charge in [0.05, 0.1) is 16.8 Å². The highest BCUT2D eigenvalue weighted by molar-refractivity contribution is 5.85. The molecule has 0 heterocycles. The molecule has 0 spiro atoms. The van der Waals surface area contributed by atoms with Gasteiger partial charge < -0.3 is 5.73 Å². The number of anilines is 1. The Labute approximate surface area is 105 Å². The molecule has 2 aromatic carbocycles. The molecule has 0 amide bonds. The highest BCUT2D eigenvalue weighted by Crippen LogP contribution is 2.41. The lowest BCUT2D eigenvalue weighted by Gasteiger charge is -2.07. The zero-order valence-corrected chi connectivity index (χ0v) is 9.57. The van der Waals surface area contributed by atoms with E-state index in [1.165, 1.54) is 5.56 Å². The number of hydrogen-bond donors (Lipinski definition) is 1. The van der Waals surface area contributed by atoms with E-state index in [1.807, 2.05) is 36.4 Å². The third kappa shape index (κ3) is 1.22. The third-order valence-electron chi connectivity index (χ3n) is 3.38. The van der Waals surface area contributed by atoms with Gasteiger partial charge in [0.25, 0.3) is 0 Å². The van der Waals surface area contributed by atoms with Crippen molar-refractivity contribution < 1.29 is 0 Å². The topological polar surface area (TPSA) is 73.6 Å². The molecule has 0 fully saturated rings. The van der Waals surface area contributed by atoms with E-state index in [0.29, 0.717) is 16.8 Å². The third-order valence-corrected chi connectivity index (χ3v) is 3.38. The number of nitrogen functional groups attached to an aromatic ring is 1. The fourth-order valence-corrected chi connectivity index (χ4v) is 2.51. The molecule has 84 valence electrons. The molecule has 0 saturated heterocycles. The summed E-state index contributed by atoms with van der Waals surface area (Å²) in [4.78, 5) is 0. The number of nitriles is 2. The van der Waals surface area contributed by atoms with Crippen molar-refractivity contribution in [1.82, 2.24) is 0 Å². The van der Waals surface area contributed by atoms with Gasteiger partial charge in [-0.15, -0.1) is 0 Å². The van der Waals surface area contributed by atoms with Crippen LogP contribution < -0.4 is 5.73 Å². The van der Waals surface area contributed by atoms with Gasteiger partial charge in [0.15, 0.2) is 0 Å². The quantitative estimate of drug-likeness (QED) is 0.604. The normalized spacial score (nSPS) is 11.2. The minimum Gasteiger partial charge on any atom is -0.397 e. The van der Waals surface area contributed by atoms with Crippen LogP contribution in [0.3, 0.4) is 0 Å². The maximum Gasteiger partial charge on any atom is 0.103 e. The zero-order chi connectivity index (χ0) is 12.7. The van der Waals surface area contributed by atoms with E-state index in [9.17, 15) is 0 Å². The Kier molecular flexibility index (Phi) is 2.08. The SMILES string of the molecule is N#Cc1cc2c(c(N)c1C#N)Cc1ccccc1-2. The summed E-state index contributed by atoms with van der Waals surface area (Å²) < 4.78 is 0. The largest absolute Gasteiger partial charge is 0.397 e. The van der Waals surface area contributed by atoms with Crippen LogP contribution >= 0.6 is 0 Å². The van der Waals surface area contributed by atoms with Gasteiger partial charge >= 0.3 is 0 Å². The number of fused-ring (bicyclic) bond motifs is 3. The van der Waals surface area contributed by atoms with Crippen molar-refractivity contribution in [3.05, 3.63) is 52.6 Å². The second-order valence-electron chi connectivity index (χ2n) is 4.30. The summed E-state index contributed by atoms with van der Waals surface area (Å²) in [7, 11) is 0. The number of benzene rings is 2. The van der Waals surface area contributed by atoms with Gasteiger partial charge in [-0.2, -0.15) is 10.5 Å². The van der Waals surface area contributed by atoms with Crippen LogP contribution in [0.1, 0.15) is 22.3 Å². The molecule has 0 radical (unpaired) electrons. The minimum absolute atomic E-state index is 0.295. The number of hydrogen-bond acceptors (Lipinski definition) is 3. The Balaban J connectivity index is 2.37. The van der Waals surface area contributed by atoms with Crippen molar-refractivity contribution in [3.63, 3.8) is 0 Å². The standard InChI is InChI=1S/C15H9N3/c16-7-10-6-12-11-4-2-1-3-9(11)5-13(12)15(18)14(10)8-17/h1-4,6H,5,18H2. The molecule has 0 bridgehead atoms. The van der Waals surface area contributed by atoms with Gasteiger partial charge in [-0.3, -0.25) is 0 Å². The Morgan fingerprint density at radius 1 is 1.06 bits per heavy atom. The summed E-state index contributed by atoms with van der Waals surface area (Å²) in [6.45, 7) is 0. The van der Waals surface area contributed by atoms with E-state index in [4.69, 9.17) is 16.3 Å². The second kappa shape index (κ2) is 3.61. The fraction of sp³-hybridized carbons (Fsp3) is 0.0667. The molecule has 1 aliphatic carbocycles. The predicted octanol–water partition coefficient (Wildman–Crippen LogP) is 2.58. The van der Waals surface area contributed by atoms with Gasteiger partial charge in [0, 0.05) is 6.42 Å². The van der Waals surface area contributed by atoms with E-state index < -0.39 is 0 Å². The summed E-state index contributed by atoms with van der Waals surface area (Å²) in [5.41, 5.74) is 11.4. The fourth-order valence-electron chi connectivity index (χ4n) is 2.51. The van der Waals surface area contributed by atoms with Gasteiger partial charge in [-0.1, -0.05) is 24.3 Å². The van der Waals surface area contributed by atoms with Gasteiger partial charge in [0.2, 0.25) is 0 Å². The first kappa shape index (κ1) is 10.4. The number of nitrogens with two attached hydrogens (primary N) is 1. The van der Waals surface area contributed by atoms with Crippen LogP contribution in [0.4, 0.5) is 5.69 Å². The lowest BCUT2D eigenvalue weighted by atomic mass is 9.97. The lowest BCUT2D eigenvalue weighted by Crippen LogP contribution is -1.99. The molecule has 0 atom stereocenters. The molecule has 2 aromatic rings. The summed E-state index contributed by atoms with van der Waals surface area (Å²) in [5, 5.41) is 18.2. The Morgan fingerprint density at radius 3 is 2.56 bits per heavy atom. The first-order chi connectivity index (χ1) is 8.76. The first-order valence-corrected chi connectivity index (χ1v) is 5.60. The predicted molar refractivity (Wildman–Crippen MR) is 68.5 cm³/mol. The van der Waals surface area contributed by atoms with Gasteiger partial charge in [-0.05, 0) is 28.3 Å². The van der Waals surface area contributed by atoms with E-state index in [-0.39, 0.29) is 0 Å². The highest BCUT2D eigenvalue weighted by atomic mass is 14.6. The maximum atomic E-state index is 9.10. The van der Waals surface area contributed by atoms with Crippen molar-refractivity contribution in [2.75, 3.05) is 5.73 Å². The van der Waals surface area contributed by atoms with Crippen LogP contribution in [0.2, 0.25) is 0 Å². The summed E-state index contributed by atoms with van der Waals surface area (Å²) >= 11 is 0. The van der Waals surface area contributed by atoms with Crippen LogP contribution in [0.25, 0.3) is 11.1 Å². The van der Waals surface area contributed by atoms with E-state index in [1.54, 1.807) is 6.07 Å². The molecule has 3 heteroatoms. The minimum atomic E-state index is 0.295. The lowest BCUT2D eigenvalue weighted by molar-refractivity contribution is 1.26. The Bertz CT molecular complexity index is 746. The van der Waals surface area contributed by atoms with Gasteiger partial charge in [0.1, 0.15) is 12.1 Å². The maximum absolute atomic E-state index is 9.10. The second-order valence-corrected chi connectivity index (χ2v) is 4.30. The summed E-state index contributed by atoms with van der Waals surface area (Å²) in [6, 6.07) is 13.9. The average Bonchev–Trinajstić information content (AvgIpc) is 2.77. The molecule has 18 heavy (non-hydrogen) atoms. The van der Waals surface area contributed by atoms with E-state index in [0.717, 1.165) is 23.1 Å². The molecular weight excluding hydrogens is 222 g/mol. The Morgan fingerprint density at radius 2 is 1.83 bits per heavy atom.